The second kappa shape index (κ2) is 8.30. The minimum atomic E-state index is -3.72. The molecule has 1 aromatic carbocycles. The van der Waals surface area contributed by atoms with Gasteiger partial charge in [0.2, 0.25) is 15.9 Å². The van der Waals surface area contributed by atoms with Crippen molar-refractivity contribution in [1.82, 2.24) is 10.2 Å². The number of hydrogen-bond donors (Lipinski definition) is 3. The van der Waals surface area contributed by atoms with Crippen LogP contribution in [0.4, 0.5) is 0 Å². The molecule has 2 rings (SSSR count). The van der Waals surface area contributed by atoms with Gasteiger partial charge in [-0.05, 0) is 36.5 Å². The maximum atomic E-state index is 11.4. The van der Waals surface area contributed by atoms with E-state index >= 15 is 0 Å². The molecule has 0 aromatic heterocycles. The molecule has 0 spiro atoms. The number of likely N-dealkylation sites (tertiary alicyclic amines) is 1. The van der Waals surface area contributed by atoms with Crippen molar-refractivity contribution in [2.75, 3.05) is 20.1 Å². The third kappa shape index (κ3) is 5.71. The first kappa shape index (κ1) is 19.2. The number of aliphatic imine (C=N–C) groups is 1. The van der Waals surface area contributed by atoms with Gasteiger partial charge in [-0.2, -0.15) is 0 Å². The topological polar surface area (TPSA) is 131 Å². The molecule has 0 saturated carbocycles. The van der Waals surface area contributed by atoms with E-state index in [1.165, 1.54) is 6.07 Å². The molecule has 1 fully saturated rings. The fourth-order valence-electron chi connectivity index (χ4n) is 3.05. The van der Waals surface area contributed by atoms with E-state index in [1.54, 1.807) is 19.2 Å². The van der Waals surface area contributed by atoms with E-state index in [-0.39, 0.29) is 16.7 Å². The molecule has 138 valence electrons. The highest BCUT2D eigenvalue weighted by molar-refractivity contribution is 7.89. The zero-order valence-corrected chi connectivity index (χ0v) is 15.1. The fourth-order valence-corrected chi connectivity index (χ4v) is 3.64. The summed E-state index contributed by atoms with van der Waals surface area (Å²) in [6.45, 7) is 2.00. The average Bonchev–Trinajstić information content (AvgIpc) is 2.55. The molecule has 1 atom stereocenters. The third-order valence-electron chi connectivity index (χ3n) is 4.20. The van der Waals surface area contributed by atoms with Crippen LogP contribution in [0.3, 0.4) is 0 Å². The van der Waals surface area contributed by atoms with Crippen molar-refractivity contribution < 1.29 is 13.2 Å². The summed E-state index contributed by atoms with van der Waals surface area (Å²) < 4.78 is 22.9. The van der Waals surface area contributed by atoms with Gasteiger partial charge in [0, 0.05) is 33.1 Å². The summed E-state index contributed by atoms with van der Waals surface area (Å²) in [6.07, 6.45) is 2.33. The van der Waals surface area contributed by atoms with E-state index in [9.17, 15) is 13.2 Å². The normalized spacial score (nSPS) is 18.9. The molecule has 1 aromatic rings. The number of nitrogens with two attached hydrogens (primary N) is 2. The number of primary sulfonamides is 1. The molecule has 1 saturated heterocycles. The van der Waals surface area contributed by atoms with Crippen molar-refractivity contribution >= 4 is 21.9 Å². The van der Waals surface area contributed by atoms with Gasteiger partial charge in [-0.25, -0.2) is 13.6 Å². The van der Waals surface area contributed by atoms with Crippen LogP contribution in [-0.2, 0) is 21.4 Å². The monoisotopic (exact) mass is 367 g/mol. The van der Waals surface area contributed by atoms with Gasteiger partial charge in [0.1, 0.15) is 0 Å². The first-order valence-corrected chi connectivity index (χ1v) is 9.70. The van der Waals surface area contributed by atoms with Crippen molar-refractivity contribution in [2.45, 2.75) is 30.7 Å². The minimum absolute atomic E-state index is 0.0845. The fraction of sp³-hybridized carbons (Fsp3) is 0.500. The van der Waals surface area contributed by atoms with E-state index in [1.807, 2.05) is 6.07 Å². The SMILES string of the molecule is CN=C(NCc1cccc(S(N)(=O)=O)c1)N1CCCC(CC(N)=O)C1. The Balaban J connectivity index is 2.00. The summed E-state index contributed by atoms with van der Waals surface area (Å²) in [5.74, 6) is 0.667. The molecule has 1 aliphatic heterocycles. The number of hydrogen-bond acceptors (Lipinski definition) is 4. The number of nitrogens with one attached hydrogen (secondary N) is 1. The maximum absolute atomic E-state index is 11.4. The molecule has 1 aliphatic rings. The van der Waals surface area contributed by atoms with E-state index in [0.717, 1.165) is 37.5 Å². The molecule has 1 heterocycles. The zero-order chi connectivity index (χ0) is 18.4. The van der Waals surface area contributed by atoms with Crippen LogP contribution in [0.2, 0.25) is 0 Å². The summed E-state index contributed by atoms with van der Waals surface area (Å²) in [5.41, 5.74) is 6.09. The summed E-state index contributed by atoms with van der Waals surface area (Å²) in [4.78, 5) is 17.6. The standard InChI is InChI=1S/C16H25N5O3S/c1-19-16(21-7-3-5-13(11-21)9-15(17)22)20-10-12-4-2-6-14(8-12)25(18,23)24/h2,4,6,8,13H,3,5,7,9-11H2,1H3,(H2,17,22)(H,19,20)(H2,18,23,24). The minimum Gasteiger partial charge on any atom is -0.370 e. The van der Waals surface area contributed by atoms with Gasteiger partial charge in [-0.1, -0.05) is 12.1 Å². The highest BCUT2D eigenvalue weighted by atomic mass is 32.2. The molecule has 25 heavy (non-hydrogen) atoms. The highest BCUT2D eigenvalue weighted by Gasteiger charge is 2.23. The molecule has 0 aliphatic carbocycles. The van der Waals surface area contributed by atoms with Crippen LogP contribution in [0, 0.1) is 5.92 Å². The van der Waals surface area contributed by atoms with Crippen LogP contribution in [0.5, 0.6) is 0 Å². The Morgan fingerprint density at radius 3 is 2.84 bits per heavy atom. The van der Waals surface area contributed by atoms with Crippen LogP contribution < -0.4 is 16.2 Å². The molecule has 0 bridgehead atoms. The number of carbonyl (C=O) groups is 1. The van der Waals surface area contributed by atoms with Crippen LogP contribution in [0.1, 0.15) is 24.8 Å². The molecule has 9 heteroatoms. The molecule has 0 radical (unpaired) electrons. The summed E-state index contributed by atoms with van der Waals surface area (Å²) >= 11 is 0. The van der Waals surface area contributed by atoms with Crippen molar-refractivity contribution in [3.05, 3.63) is 29.8 Å². The summed E-state index contributed by atoms with van der Waals surface area (Å²) in [7, 11) is -2.03. The van der Waals surface area contributed by atoms with Gasteiger partial charge < -0.3 is 16.0 Å². The van der Waals surface area contributed by atoms with Crippen molar-refractivity contribution in [3.63, 3.8) is 0 Å². The molecule has 8 nitrogen and oxygen atoms in total. The average molecular weight is 367 g/mol. The number of rotatable bonds is 5. The molecule has 1 unspecified atom stereocenters. The second-order valence-electron chi connectivity index (χ2n) is 6.22. The van der Waals surface area contributed by atoms with Gasteiger partial charge >= 0.3 is 0 Å². The smallest absolute Gasteiger partial charge is 0.238 e. The first-order chi connectivity index (χ1) is 11.8. The number of carbonyl (C=O) groups excluding carboxylic acids is 1. The van der Waals surface area contributed by atoms with E-state index in [0.29, 0.717) is 13.0 Å². The Morgan fingerprint density at radius 1 is 1.44 bits per heavy atom. The Morgan fingerprint density at radius 2 is 2.20 bits per heavy atom. The largest absolute Gasteiger partial charge is 0.370 e. The number of guanidine groups is 1. The molecule has 1 amide bonds. The number of piperidine rings is 1. The van der Waals surface area contributed by atoms with Crippen molar-refractivity contribution in [2.24, 2.45) is 21.8 Å². The number of amides is 1. The van der Waals surface area contributed by atoms with Crippen LogP contribution in [0.25, 0.3) is 0 Å². The number of benzene rings is 1. The molecule has 5 N–H and O–H groups in total. The second-order valence-corrected chi connectivity index (χ2v) is 7.78. The van der Waals surface area contributed by atoms with Crippen LogP contribution >= 0.6 is 0 Å². The number of sulfonamides is 1. The Bertz CT molecular complexity index is 748. The number of nitrogens with zero attached hydrogens (tertiary/aromatic N) is 2. The number of primary amides is 1. The lowest BCUT2D eigenvalue weighted by molar-refractivity contribution is -0.119. The van der Waals surface area contributed by atoms with Gasteiger partial charge in [-0.3, -0.25) is 9.79 Å². The van der Waals surface area contributed by atoms with E-state index in [2.05, 4.69) is 15.2 Å². The lowest BCUT2D eigenvalue weighted by Gasteiger charge is -2.34. The maximum Gasteiger partial charge on any atom is 0.238 e. The molecular weight excluding hydrogens is 342 g/mol. The van der Waals surface area contributed by atoms with Crippen molar-refractivity contribution in [3.8, 4) is 0 Å². The zero-order valence-electron chi connectivity index (χ0n) is 14.3. The lowest BCUT2D eigenvalue weighted by Crippen LogP contribution is -2.46. The van der Waals surface area contributed by atoms with Gasteiger partial charge in [0.15, 0.2) is 5.96 Å². The van der Waals surface area contributed by atoms with Crippen LogP contribution in [-0.4, -0.2) is 45.3 Å². The Kier molecular flexibility index (Phi) is 6.38. The lowest BCUT2D eigenvalue weighted by atomic mass is 9.95. The Labute approximate surface area is 148 Å². The predicted octanol–water partition coefficient (Wildman–Crippen LogP) is -0.00320. The van der Waals surface area contributed by atoms with Gasteiger partial charge in [0.05, 0.1) is 4.90 Å². The quantitative estimate of drug-likeness (QED) is 0.498. The predicted molar refractivity (Wildman–Crippen MR) is 96.1 cm³/mol. The first-order valence-electron chi connectivity index (χ1n) is 8.15. The van der Waals surface area contributed by atoms with Crippen LogP contribution in [0.15, 0.2) is 34.2 Å². The summed E-state index contributed by atoms with van der Waals surface area (Å²) in [5, 5.41) is 8.39. The summed E-state index contributed by atoms with van der Waals surface area (Å²) in [6, 6.07) is 6.48. The third-order valence-corrected chi connectivity index (χ3v) is 5.11. The van der Waals surface area contributed by atoms with E-state index in [4.69, 9.17) is 10.9 Å². The Hall–Kier alpha value is -2.13. The highest BCUT2D eigenvalue weighted by Crippen LogP contribution is 2.19. The van der Waals surface area contributed by atoms with Gasteiger partial charge in [0.25, 0.3) is 0 Å². The van der Waals surface area contributed by atoms with E-state index < -0.39 is 10.0 Å². The van der Waals surface area contributed by atoms with Gasteiger partial charge in [-0.15, -0.1) is 0 Å². The molecular formula is C16H25N5O3S. The van der Waals surface area contributed by atoms with Crippen molar-refractivity contribution in [1.29, 1.82) is 0 Å².